The van der Waals surface area contributed by atoms with Gasteiger partial charge in [0.2, 0.25) is 11.8 Å². The normalized spacial score (nSPS) is 12.5. The molecular formula is C33H47N3O7. The molecule has 0 aliphatic carbocycles. The summed E-state index contributed by atoms with van der Waals surface area (Å²) in [4.78, 5) is 54.6. The van der Waals surface area contributed by atoms with Gasteiger partial charge in [0.15, 0.2) is 0 Å². The number of hydrogen-bond acceptors (Lipinski definition) is 7. The van der Waals surface area contributed by atoms with Crippen molar-refractivity contribution >= 4 is 23.9 Å². The van der Waals surface area contributed by atoms with Crippen LogP contribution in [0.2, 0.25) is 0 Å². The molecule has 2 aromatic carbocycles. The van der Waals surface area contributed by atoms with E-state index in [0.29, 0.717) is 17.5 Å². The molecule has 3 amide bonds. The number of phenols is 1. The maximum absolute atomic E-state index is 14.4. The Morgan fingerprint density at radius 3 is 2.26 bits per heavy atom. The number of nitrogens with zero attached hydrogens (tertiary/aromatic N) is 1. The second-order valence-electron chi connectivity index (χ2n) is 11.6. The van der Waals surface area contributed by atoms with Crippen LogP contribution in [-0.2, 0) is 30.3 Å². The highest BCUT2D eigenvalue weighted by atomic mass is 16.6. The van der Waals surface area contributed by atoms with Gasteiger partial charge in [0, 0.05) is 19.5 Å². The Balaban J connectivity index is 2.54. The maximum atomic E-state index is 14.4. The number of ether oxygens (including phenoxy) is 2. The molecule has 0 saturated heterocycles. The minimum absolute atomic E-state index is 0.00817. The highest BCUT2D eigenvalue weighted by Crippen LogP contribution is 2.27. The molecule has 10 heteroatoms. The summed E-state index contributed by atoms with van der Waals surface area (Å²) >= 11 is 0. The first-order valence-corrected chi connectivity index (χ1v) is 14.8. The topological polar surface area (TPSA) is 134 Å². The van der Waals surface area contributed by atoms with Crippen LogP contribution in [0.15, 0.2) is 42.5 Å². The standard InChI is InChI=1S/C33H47N3O7/c1-8-10-19-36(29(26-16-11-22(3)20-23(26)4)30(39)34-18-17-28(38)42-9-2)31(40)27(35-32(41)43-33(5,6)7)21-24-12-14-25(37)15-13-24/h11-16,20,27,29,37H,8-10,17-19,21H2,1-7H3,(H,34,39)(H,35,41). The van der Waals surface area contributed by atoms with E-state index in [9.17, 15) is 24.3 Å². The summed E-state index contributed by atoms with van der Waals surface area (Å²) in [6.45, 7) is 13.3. The molecule has 10 nitrogen and oxygen atoms in total. The van der Waals surface area contributed by atoms with Gasteiger partial charge in [-0.2, -0.15) is 0 Å². The molecular weight excluding hydrogens is 550 g/mol. The van der Waals surface area contributed by atoms with Crippen molar-refractivity contribution in [1.29, 1.82) is 0 Å². The number of aryl methyl sites for hydroxylation is 2. The van der Waals surface area contributed by atoms with Gasteiger partial charge in [-0.15, -0.1) is 0 Å². The Kier molecular flexibility index (Phi) is 13.5. The van der Waals surface area contributed by atoms with Gasteiger partial charge in [0.05, 0.1) is 13.0 Å². The zero-order chi connectivity index (χ0) is 32.2. The third-order valence-electron chi connectivity index (χ3n) is 6.61. The fraction of sp³-hybridized carbons (Fsp3) is 0.515. The highest BCUT2D eigenvalue weighted by Gasteiger charge is 2.36. The first-order chi connectivity index (χ1) is 20.2. The van der Waals surface area contributed by atoms with E-state index in [-0.39, 0.29) is 38.3 Å². The number of carbonyl (C=O) groups is 4. The molecule has 2 atom stereocenters. The van der Waals surface area contributed by atoms with E-state index in [1.54, 1.807) is 39.8 Å². The zero-order valence-electron chi connectivity index (χ0n) is 26.5. The molecule has 2 unspecified atom stereocenters. The molecule has 0 bridgehead atoms. The number of unbranched alkanes of at least 4 members (excludes halogenated alkanes) is 1. The summed E-state index contributed by atoms with van der Waals surface area (Å²) in [6, 6.07) is 9.94. The summed E-state index contributed by atoms with van der Waals surface area (Å²) in [5.74, 6) is -1.26. The van der Waals surface area contributed by atoms with Crippen molar-refractivity contribution in [1.82, 2.24) is 15.5 Å². The average Bonchev–Trinajstić information content (AvgIpc) is 2.91. The minimum Gasteiger partial charge on any atom is -0.508 e. The quantitative estimate of drug-likeness (QED) is 0.264. The Hall–Kier alpha value is -4.08. The largest absolute Gasteiger partial charge is 0.508 e. The number of hydrogen-bond donors (Lipinski definition) is 3. The molecule has 2 aromatic rings. The molecule has 0 heterocycles. The lowest BCUT2D eigenvalue weighted by molar-refractivity contribution is -0.144. The van der Waals surface area contributed by atoms with Crippen LogP contribution in [0.4, 0.5) is 4.79 Å². The average molecular weight is 598 g/mol. The molecule has 0 aliphatic rings. The molecule has 2 rings (SSSR count). The lowest BCUT2D eigenvalue weighted by Gasteiger charge is -2.35. The van der Waals surface area contributed by atoms with Crippen molar-refractivity contribution in [3.05, 3.63) is 64.7 Å². The second kappa shape index (κ2) is 16.5. The van der Waals surface area contributed by atoms with E-state index in [1.165, 1.54) is 17.0 Å². The number of phenolic OH excluding ortho intramolecular Hbond substituents is 1. The van der Waals surface area contributed by atoms with E-state index < -0.39 is 41.6 Å². The van der Waals surface area contributed by atoms with Crippen LogP contribution in [0.3, 0.4) is 0 Å². The smallest absolute Gasteiger partial charge is 0.408 e. The van der Waals surface area contributed by atoms with Crippen molar-refractivity contribution in [3.63, 3.8) is 0 Å². The number of carbonyl (C=O) groups excluding carboxylic acids is 4. The predicted octanol–water partition coefficient (Wildman–Crippen LogP) is 4.88. The van der Waals surface area contributed by atoms with Crippen LogP contribution in [0.5, 0.6) is 5.75 Å². The summed E-state index contributed by atoms with van der Waals surface area (Å²) in [5, 5.41) is 15.3. The number of esters is 1. The van der Waals surface area contributed by atoms with E-state index >= 15 is 0 Å². The highest BCUT2D eigenvalue weighted by molar-refractivity contribution is 5.92. The summed E-state index contributed by atoms with van der Waals surface area (Å²) in [7, 11) is 0. The van der Waals surface area contributed by atoms with E-state index in [1.807, 2.05) is 39.0 Å². The van der Waals surface area contributed by atoms with Crippen LogP contribution in [0, 0.1) is 13.8 Å². The maximum Gasteiger partial charge on any atom is 0.408 e. The lowest BCUT2D eigenvalue weighted by atomic mass is 9.95. The molecule has 0 aromatic heterocycles. The predicted molar refractivity (Wildman–Crippen MR) is 165 cm³/mol. The third kappa shape index (κ3) is 11.6. The lowest BCUT2D eigenvalue weighted by Crippen LogP contribution is -2.54. The van der Waals surface area contributed by atoms with Gasteiger partial charge in [-0.3, -0.25) is 14.4 Å². The van der Waals surface area contributed by atoms with E-state index in [0.717, 1.165) is 17.5 Å². The SMILES string of the molecule is CCCCN(C(=O)C(Cc1ccc(O)cc1)NC(=O)OC(C)(C)C)C(C(=O)NCCC(=O)OCC)c1ccc(C)cc1C. The Morgan fingerprint density at radius 1 is 1.00 bits per heavy atom. The van der Waals surface area contributed by atoms with Crippen molar-refractivity contribution in [2.45, 2.75) is 91.8 Å². The van der Waals surface area contributed by atoms with Gasteiger partial charge >= 0.3 is 12.1 Å². The Morgan fingerprint density at radius 2 is 1.67 bits per heavy atom. The number of rotatable bonds is 14. The summed E-state index contributed by atoms with van der Waals surface area (Å²) in [5.41, 5.74) is 2.38. The Labute approximate surface area is 255 Å². The third-order valence-corrected chi connectivity index (χ3v) is 6.61. The molecule has 236 valence electrons. The molecule has 3 N–H and O–H groups in total. The number of aromatic hydroxyl groups is 1. The van der Waals surface area contributed by atoms with Crippen molar-refractivity contribution in [2.75, 3.05) is 19.7 Å². The molecule has 0 fully saturated rings. The van der Waals surface area contributed by atoms with Crippen LogP contribution in [-0.4, -0.2) is 65.2 Å². The zero-order valence-corrected chi connectivity index (χ0v) is 26.5. The van der Waals surface area contributed by atoms with Gasteiger partial charge in [-0.1, -0.05) is 49.2 Å². The van der Waals surface area contributed by atoms with Crippen molar-refractivity contribution in [2.24, 2.45) is 0 Å². The first kappa shape index (κ1) is 35.1. The second-order valence-corrected chi connectivity index (χ2v) is 11.6. The summed E-state index contributed by atoms with van der Waals surface area (Å²) in [6.07, 6.45) is 0.705. The molecule has 0 spiro atoms. The van der Waals surface area contributed by atoms with Gasteiger partial charge < -0.3 is 30.1 Å². The number of benzene rings is 2. The molecule has 0 aliphatic heterocycles. The van der Waals surface area contributed by atoms with Gasteiger partial charge in [0.1, 0.15) is 23.4 Å². The van der Waals surface area contributed by atoms with Gasteiger partial charge in [0.25, 0.3) is 0 Å². The van der Waals surface area contributed by atoms with E-state index in [4.69, 9.17) is 9.47 Å². The number of nitrogens with one attached hydrogen (secondary N) is 2. The molecule has 0 radical (unpaired) electrons. The fourth-order valence-corrected chi connectivity index (χ4v) is 4.61. The Bertz CT molecular complexity index is 1240. The van der Waals surface area contributed by atoms with Gasteiger partial charge in [-0.25, -0.2) is 4.79 Å². The number of alkyl carbamates (subject to hydrolysis) is 1. The van der Waals surface area contributed by atoms with Crippen LogP contribution >= 0.6 is 0 Å². The first-order valence-electron chi connectivity index (χ1n) is 14.8. The number of amides is 3. The summed E-state index contributed by atoms with van der Waals surface area (Å²) < 4.78 is 10.5. The van der Waals surface area contributed by atoms with Crippen molar-refractivity contribution < 1.29 is 33.8 Å². The van der Waals surface area contributed by atoms with Crippen LogP contribution < -0.4 is 10.6 Å². The fourth-order valence-electron chi connectivity index (χ4n) is 4.61. The van der Waals surface area contributed by atoms with E-state index in [2.05, 4.69) is 10.6 Å². The van der Waals surface area contributed by atoms with Crippen molar-refractivity contribution in [3.8, 4) is 5.75 Å². The monoisotopic (exact) mass is 597 g/mol. The molecule has 43 heavy (non-hydrogen) atoms. The molecule has 0 saturated carbocycles. The van der Waals surface area contributed by atoms with Crippen LogP contribution in [0.25, 0.3) is 0 Å². The van der Waals surface area contributed by atoms with Crippen LogP contribution in [0.1, 0.15) is 82.2 Å². The minimum atomic E-state index is -1.07. The van der Waals surface area contributed by atoms with Gasteiger partial charge in [-0.05, 0) is 76.8 Å².